The second kappa shape index (κ2) is 8.26. The molecule has 22 heavy (non-hydrogen) atoms. The van der Waals surface area contributed by atoms with Crippen LogP contribution in [0, 0.1) is 10.8 Å². The van der Waals surface area contributed by atoms with Gasteiger partial charge in [-0.05, 0) is 49.7 Å². The Kier molecular flexibility index (Phi) is 6.99. The normalized spacial score (nSPS) is 12.2. The monoisotopic (exact) mass is 302 g/mol. The third-order valence-electron chi connectivity index (χ3n) is 4.23. The molecule has 0 atom stereocenters. The van der Waals surface area contributed by atoms with E-state index in [2.05, 4.69) is 24.3 Å². The van der Waals surface area contributed by atoms with E-state index < -0.39 is 0 Å². The first-order valence-corrected chi connectivity index (χ1v) is 8.28. The second-order valence-corrected chi connectivity index (χ2v) is 7.74. The van der Waals surface area contributed by atoms with E-state index in [1.807, 2.05) is 27.7 Å². The third kappa shape index (κ3) is 7.02. The average molecular weight is 302 g/mol. The number of hydrogen-bond acceptors (Lipinski definition) is 2. The zero-order valence-electron chi connectivity index (χ0n) is 14.5. The molecule has 0 amide bonds. The Hall–Kier alpha value is -1.44. The molecular weight excluding hydrogens is 272 g/mol. The molecule has 2 heteroatoms. The van der Waals surface area contributed by atoms with Gasteiger partial charge in [-0.3, -0.25) is 0 Å². The van der Waals surface area contributed by atoms with Gasteiger partial charge in [-0.1, -0.05) is 52.0 Å². The van der Waals surface area contributed by atoms with Gasteiger partial charge in [0.2, 0.25) is 0 Å². The Bertz CT molecular complexity index is 424. The van der Waals surface area contributed by atoms with Crippen LogP contribution in [-0.2, 0) is 22.4 Å². The molecule has 2 nitrogen and oxygen atoms in total. The second-order valence-electron chi connectivity index (χ2n) is 7.74. The lowest BCUT2D eigenvalue weighted by atomic mass is 9.87. The van der Waals surface area contributed by atoms with Crippen molar-refractivity contribution in [3.63, 3.8) is 0 Å². The summed E-state index contributed by atoms with van der Waals surface area (Å²) in [6, 6.07) is 8.75. The van der Waals surface area contributed by atoms with E-state index >= 15 is 0 Å². The number of hydrogen-bond donors (Lipinski definition) is 0. The largest absolute Gasteiger partial charge is 0.303 e. The highest BCUT2D eigenvalue weighted by Gasteiger charge is 2.16. The molecule has 0 saturated carbocycles. The van der Waals surface area contributed by atoms with Crippen LogP contribution in [0.5, 0.6) is 0 Å². The first-order valence-electron chi connectivity index (χ1n) is 8.28. The molecular formula is C20H30O2. The molecule has 122 valence electrons. The van der Waals surface area contributed by atoms with Gasteiger partial charge in [-0.25, -0.2) is 0 Å². The fourth-order valence-electron chi connectivity index (χ4n) is 2.49. The average Bonchev–Trinajstić information content (AvgIpc) is 2.48. The third-order valence-corrected chi connectivity index (χ3v) is 4.23. The summed E-state index contributed by atoms with van der Waals surface area (Å²) in [6.45, 7) is 7.96. The van der Waals surface area contributed by atoms with E-state index in [1.165, 1.54) is 11.1 Å². The van der Waals surface area contributed by atoms with Crippen molar-refractivity contribution in [3.05, 3.63) is 35.4 Å². The molecule has 0 aliphatic heterocycles. The number of aldehydes is 2. The summed E-state index contributed by atoms with van der Waals surface area (Å²) < 4.78 is 0. The van der Waals surface area contributed by atoms with Crippen LogP contribution in [0.1, 0.15) is 64.5 Å². The molecule has 1 aromatic carbocycles. The summed E-state index contributed by atoms with van der Waals surface area (Å²) in [6.07, 6.45) is 8.09. The maximum absolute atomic E-state index is 10.9. The van der Waals surface area contributed by atoms with Gasteiger partial charge in [0.15, 0.2) is 0 Å². The molecule has 0 heterocycles. The van der Waals surface area contributed by atoms with Gasteiger partial charge in [-0.15, -0.1) is 0 Å². The van der Waals surface area contributed by atoms with E-state index in [0.29, 0.717) is 0 Å². The molecule has 0 aliphatic carbocycles. The number of benzene rings is 1. The van der Waals surface area contributed by atoms with Crippen molar-refractivity contribution in [1.29, 1.82) is 0 Å². The number of carbonyl (C=O) groups is 2. The Morgan fingerprint density at radius 2 is 1.05 bits per heavy atom. The minimum absolute atomic E-state index is 0.203. The Morgan fingerprint density at radius 3 is 1.32 bits per heavy atom. The summed E-state index contributed by atoms with van der Waals surface area (Å²) in [4.78, 5) is 21.8. The zero-order chi connectivity index (χ0) is 16.6. The minimum atomic E-state index is -0.203. The first-order chi connectivity index (χ1) is 10.3. The van der Waals surface area contributed by atoms with Gasteiger partial charge < -0.3 is 9.59 Å². The molecule has 0 fully saturated rings. The standard InChI is InChI=1S/C20H30O2/c1-19(2,15-21)13-5-7-17-9-11-18(12-10-17)8-6-14-20(3,4)16-22/h9-12,15-16H,5-8,13-14H2,1-4H3. The van der Waals surface area contributed by atoms with E-state index in [9.17, 15) is 9.59 Å². The van der Waals surface area contributed by atoms with Crippen LogP contribution in [0.25, 0.3) is 0 Å². The smallest absolute Gasteiger partial charge is 0.125 e. The minimum Gasteiger partial charge on any atom is -0.303 e. The molecule has 0 unspecified atom stereocenters. The Labute approximate surface area is 135 Å². The number of carbonyl (C=O) groups excluding carboxylic acids is 2. The predicted molar refractivity (Wildman–Crippen MR) is 92.0 cm³/mol. The first kappa shape index (κ1) is 18.6. The van der Waals surface area contributed by atoms with E-state index in [-0.39, 0.29) is 10.8 Å². The molecule has 0 bridgehead atoms. The SMILES string of the molecule is CC(C)(C=O)CCCc1ccc(CCCC(C)(C)C=O)cc1. The van der Waals surface area contributed by atoms with Crippen LogP contribution in [0.4, 0.5) is 0 Å². The zero-order valence-corrected chi connectivity index (χ0v) is 14.5. The maximum atomic E-state index is 10.9. The molecule has 0 aliphatic rings. The number of aryl methyl sites for hydroxylation is 2. The van der Waals surface area contributed by atoms with Crippen molar-refractivity contribution in [2.75, 3.05) is 0 Å². The van der Waals surface area contributed by atoms with Crippen molar-refractivity contribution >= 4 is 12.6 Å². The van der Waals surface area contributed by atoms with Crippen molar-refractivity contribution in [2.24, 2.45) is 10.8 Å². The van der Waals surface area contributed by atoms with Crippen LogP contribution in [0.2, 0.25) is 0 Å². The lowest BCUT2D eigenvalue weighted by Gasteiger charge is -2.16. The van der Waals surface area contributed by atoms with Gasteiger partial charge in [-0.2, -0.15) is 0 Å². The van der Waals surface area contributed by atoms with Crippen LogP contribution >= 0.6 is 0 Å². The topological polar surface area (TPSA) is 34.1 Å². The quantitative estimate of drug-likeness (QED) is 0.583. The van der Waals surface area contributed by atoms with Gasteiger partial charge in [0.1, 0.15) is 12.6 Å². The van der Waals surface area contributed by atoms with Crippen molar-refractivity contribution < 1.29 is 9.59 Å². The molecule has 0 aromatic heterocycles. The van der Waals surface area contributed by atoms with Gasteiger partial charge >= 0.3 is 0 Å². The van der Waals surface area contributed by atoms with Gasteiger partial charge in [0.25, 0.3) is 0 Å². The van der Waals surface area contributed by atoms with Crippen LogP contribution < -0.4 is 0 Å². The Balaban J connectivity index is 2.37. The van der Waals surface area contributed by atoms with Crippen molar-refractivity contribution in [2.45, 2.75) is 66.2 Å². The van der Waals surface area contributed by atoms with Crippen LogP contribution in [0.3, 0.4) is 0 Å². The van der Waals surface area contributed by atoms with Crippen molar-refractivity contribution in [3.8, 4) is 0 Å². The molecule has 0 N–H and O–H groups in total. The summed E-state index contributed by atoms with van der Waals surface area (Å²) in [5.74, 6) is 0. The lowest BCUT2D eigenvalue weighted by molar-refractivity contribution is -0.115. The highest BCUT2D eigenvalue weighted by Crippen LogP contribution is 2.22. The summed E-state index contributed by atoms with van der Waals surface area (Å²) in [7, 11) is 0. The van der Waals surface area contributed by atoms with E-state index in [4.69, 9.17) is 0 Å². The highest BCUT2D eigenvalue weighted by molar-refractivity contribution is 5.58. The predicted octanol–water partition coefficient (Wildman–Crippen LogP) is 4.78. The molecule has 0 spiro atoms. The fourth-order valence-corrected chi connectivity index (χ4v) is 2.49. The molecule has 0 radical (unpaired) electrons. The van der Waals surface area contributed by atoms with Crippen LogP contribution in [-0.4, -0.2) is 12.6 Å². The summed E-state index contributed by atoms with van der Waals surface area (Å²) in [5.41, 5.74) is 2.26. The van der Waals surface area contributed by atoms with Gasteiger partial charge in [0.05, 0.1) is 0 Å². The summed E-state index contributed by atoms with van der Waals surface area (Å²) in [5, 5.41) is 0. The molecule has 0 saturated heterocycles. The van der Waals surface area contributed by atoms with E-state index in [1.54, 1.807) is 0 Å². The van der Waals surface area contributed by atoms with Crippen molar-refractivity contribution in [1.82, 2.24) is 0 Å². The molecule has 1 aromatic rings. The highest BCUT2D eigenvalue weighted by atomic mass is 16.1. The summed E-state index contributed by atoms with van der Waals surface area (Å²) >= 11 is 0. The van der Waals surface area contributed by atoms with E-state index in [0.717, 1.165) is 51.1 Å². The molecule has 1 rings (SSSR count). The van der Waals surface area contributed by atoms with Gasteiger partial charge in [0, 0.05) is 10.8 Å². The number of rotatable bonds is 10. The van der Waals surface area contributed by atoms with Crippen LogP contribution in [0.15, 0.2) is 24.3 Å². The maximum Gasteiger partial charge on any atom is 0.125 e. The Morgan fingerprint density at radius 1 is 0.727 bits per heavy atom. The lowest BCUT2D eigenvalue weighted by Crippen LogP contribution is -2.13. The fraction of sp³-hybridized carbons (Fsp3) is 0.600.